The molecule has 5 nitrogen and oxygen atoms in total. The lowest BCUT2D eigenvalue weighted by atomic mass is 10.1. The lowest BCUT2D eigenvalue weighted by molar-refractivity contribution is -0.145. The van der Waals surface area contributed by atoms with Gasteiger partial charge in [0.25, 0.3) is 0 Å². The minimum Gasteiger partial charge on any atom is -0.458 e. The lowest BCUT2D eigenvalue weighted by Crippen LogP contribution is -2.12. The van der Waals surface area contributed by atoms with Crippen LogP contribution in [0.15, 0.2) is 29.2 Å². The van der Waals surface area contributed by atoms with Crippen LogP contribution in [-0.4, -0.2) is 14.4 Å². The first-order valence-corrected chi connectivity index (χ1v) is 6.15. The molecular weight excluding hydrogens is 230 g/mol. The number of primary sulfonamides is 1. The third kappa shape index (κ3) is 3.32. The molecule has 1 atom stereocenters. The molecule has 1 aromatic carbocycles. The van der Waals surface area contributed by atoms with Crippen molar-refractivity contribution in [1.29, 1.82) is 0 Å². The summed E-state index contributed by atoms with van der Waals surface area (Å²) in [5, 5.41) is 4.95. The van der Waals surface area contributed by atoms with Crippen LogP contribution in [0.3, 0.4) is 0 Å². The largest absolute Gasteiger partial charge is 0.458 e. The number of benzene rings is 1. The van der Waals surface area contributed by atoms with Crippen LogP contribution in [0.1, 0.15) is 25.5 Å². The zero-order chi connectivity index (χ0) is 12.3. The predicted molar refractivity (Wildman–Crippen MR) is 58.0 cm³/mol. The highest BCUT2D eigenvalue weighted by atomic mass is 32.2. The fourth-order valence-electron chi connectivity index (χ4n) is 1.25. The van der Waals surface area contributed by atoms with Crippen molar-refractivity contribution < 1.29 is 17.9 Å². The van der Waals surface area contributed by atoms with Gasteiger partial charge in [0.15, 0.2) is 0 Å². The Kier molecular flexibility index (Phi) is 3.66. The Balaban J connectivity index is 2.91. The summed E-state index contributed by atoms with van der Waals surface area (Å²) in [5.41, 5.74) is 0.711. The molecule has 1 unspecified atom stereocenters. The van der Waals surface area contributed by atoms with Crippen LogP contribution < -0.4 is 5.14 Å². The summed E-state index contributed by atoms with van der Waals surface area (Å²) in [6.45, 7) is 3.02. The number of hydrogen-bond acceptors (Lipinski definition) is 4. The molecule has 0 radical (unpaired) electrons. The van der Waals surface area contributed by atoms with Crippen molar-refractivity contribution in [1.82, 2.24) is 0 Å². The van der Waals surface area contributed by atoms with Crippen molar-refractivity contribution in [2.45, 2.75) is 24.8 Å². The molecule has 0 saturated heterocycles. The Bertz CT molecular complexity index is 478. The van der Waals surface area contributed by atoms with Crippen LogP contribution in [0.2, 0.25) is 0 Å². The Morgan fingerprint density at radius 1 is 1.31 bits per heavy atom. The number of carbonyl (C=O) groups is 1. The van der Waals surface area contributed by atoms with Crippen molar-refractivity contribution in [2.75, 3.05) is 0 Å². The van der Waals surface area contributed by atoms with E-state index < -0.39 is 16.1 Å². The molecule has 0 bridgehead atoms. The first kappa shape index (κ1) is 12.7. The fourth-order valence-corrected chi connectivity index (χ4v) is 1.76. The van der Waals surface area contributed by atoms with E-state index in [1.807, 2.05) is 0 Å². The molecule has 0 aliphatic carbocycles. The summed E-state index contributed by atoms with van der Waals surface area (Å²) in [5.74, 6) is -0.386. The highest BCUT2D eigenvalue weighted by Crippen LogP contribution is 2.18. The van der Waals surface area contributed by atoms with E-state index in [4.69, 9.17) is 9.88 Å². The van der Waals surface area contributed by atoms with Gasteiger partial charge in [-0.1, -0.05) is 12.1 Å². The smallest absolute Gasteiger partial charge is 0.303 e. The Morgan fingerprint density at radius 2 is 1.81 bits per heavy atom. The fraction of sp³-hybridized carbons (Fsp3) is 0.300. The number of hydrogen-bond donors (Lipinski definition) is 1. The van der Waals surface area contributed by atoms with Gasteiger partial charge in [-0.25, -0.2) is 13.6 Å². The van der Waals surface area contributed by atoms with Gasteiger partial charge in [0.2, 0.25) is 10.0 Å². The molecule has 16 heavy (non-hydrogen) atoms. The van der Waals surface area contributed by atoms with Crippen molar-refractivity contribution in [3.63, 3.8) is 0 Å². The van der Waals surface area contributed by atoms with Gasteiger partial charge < -0.3 is 4.74 Å². The molecule has 0 heterocycles. The number of esters is 1. The maximum absolute atomic E-state index is 11.0. The second kappa shape index (κ2) is 4.63. The summed E-state index contributed by atoms with van der Waals surface area (Å²) in [7, 11) is -3.68. The van der Waals surface area contributed by atoms with Crippen LogP contribution in [-0.2, 0) is 19.6 Å². The zero-order valence-corrected chi connectivity index (χ0v) is 9.82. The second-order valence-corrected chi connectivity index (χ2v) is 4.93. The molecule has 0 amide bonds. The molecule has 0 fully saturated rings. The van der Waals surface area contributed by atoms with E-state index in [2.05, 4.69) is 0 Å². The quantitative estimate of drug-likeness (QED) is 0.801. The molecule has 1 aromatic rings. The van der Waals surface area contributed by atoms with Gasteiger partial charge in [0.05, 0.1) is 4.90 Å². The van der Waals surface area contributed by atoms with Gasteiger partial charge in [0, 0.05) is 6.92 Å². The third-order valence-corrected chi connectivity index (χ3v) is 2.95. The maximum atomic E-state index is 11.0. The molecule has 88 valence electrons. The van der Waals surface area contributed by atoms with Gasteiger partial charge in [0.1, 0.15) is 6.10 Å². The van der Waals surface area contributed by atoms with E-state index in [0.717, 1.165) is 0 Å². The normalized spacial score (nSPS) is 13.2. The third-order valence-electron chi connectivity index (χ3n) is 2.02. The zero-order valence-electron chi connectivity index (χ0n) is 9.01. The lowest BCUT2D eigenvalue weighted by Gasteiger charge is -2.12. The number of carbonyl (C=O) groups excluding carboxylic acids is 1. The standard InChI is InChI=1S/C10H13NO4S/c1-7(15-8(2)12)9-3-5-10(6-4-9)16(11,13)14/h3-7H,1-2H3,(H2,11,13,14). The SMILES string of the molecule is CC(=O)OC(C)c1ccc(S(N)(=O)=O)cc1. The van der Waals surface area contributed by atoms with E-state index in [1.165, 1.54) is 19.1 Å². The average molecular weight is 243 g/mol. The summed E-state index contributed by atoms with van der Waals surface area (Å²) in [6, 6.07) is 5.88. The van der Waals surface area contributed by atoms with E-state index >= 15 is 0 Å². The first-order valence-electron chi connectivity index (χ1n) is 4.60. The Hall–Kier alpha value is -1.40. The van der Waals surface area contributed by atoms with Gasteiger partial charge in [-0.15, -0.1) is 0 Å². The van der Waals surface area contributed by atoms with E-state index in [9.17, 15) is 13.2 Å². The molecule has 1 rings (SSSR count). The van der Waals surface area contributed by atoms with E-state index in [-0.39, 0.29) is 10.9 Å². The second-order valence-electron chi connectivity index (χ2n) is 3.37. The summed E-state index contributed by atoms with van der Waals surface area (Å²) >= 11 is 0. The molecule has 0 aliphatic heterocycles. The highest BCUT2D eigenvalue weighted by Gasteiger charge is 2.11. The van der Waals surface area contributed by atoms with Gasteiger partial charge in [-0.2, -0.15) is 0 Å². The summed E-state index contributed by atoms with van der Waals surface area (Å²) in [4.78, 5) is 10.7. The van der Waals surface area contributed by atoms with Crippen molar-refractivity contribution >= 4 is 16.0 Å². The summed E-state index contributed by atoms with van der Waals surface area (Å²) < 4.78 is 26.9. The topological polar surface area (TPSA) is 86.5 Å². The van der Waals surface area contributed by atoms with Crippen LogP contribution in [0.5, 0.6) is 0 Å². The van der Waals surface area contributed by atoms with Crippen LogP contribution in [0.25, 0.3) is 0 Å². The first-order chi connectivity index (χ1) is 7.30. The van der Waals surface area contributed by atoms with Gasteiger partial charge in [-0.05, 0) is 24.6 Å². The summed E-state index contributed by atoms with van der Waals surface area (Å²) in [6.07, 6.45) is -0.410. The number of nitrogens with two attached hydrogens (primary N) is 1. The predicted octanol–water partition coefficient (Wildman–Crippen LogP) is 0.958. The Labute approximate surface area is 94.3 Å². The van der Waals surface area contributed by atoms with Crippen LogP contribution in [0.4, 0.5) is 0 Å². The van der Waals surface area contributed by atoms with Crippen molar-refractivity contribution in [2.24, 2.45) is 5.14 Å². The highest BCUT2D eigenvalue weighted by molar-refractivity contribution is 7.89. The molecule has 0 aromatic heterocycles. The number of sulfonamides is 1. The molecule has 0 saturated carbocycles. The van der Waals surface area contributed by atoms with E-state index in [1.54, 1.807) is 19.1 Å². The molecular formula is C10H13NO4S. The monoisotopic (exact) mass is 243 g/mol. The average Bonchev–Trinajstić information content (AvgIpc) is 2.15. The minimum atomic E-state index is -3.68. The molecule has 6 heteroatoms. The van der Waals surface area contributed by atoms with Crippen LogP contribution in [0, 0.1) is 0 Å². The van der Waals surface area contributed by atoms with Crippen molar-refractivity contribution in [3.05, 3.63) is 29.8 Å². The van der Waals surface area contributed by atoms with Gasteiger partial charge in [-0.3, -0.25) is 4.79 Å². The molecule has 0 spiro atoms. The Morgan fingerprint density at radius 3 is 2.19 bits per heavy atom. The molecule has 0 aliphatic rings. The van der Waals surface area contributed by atoms with Crippen molar-refractivity contribution in [3.8, 4) is 0 Å². The molecule has 2 N–H and O–H groups in total. The van der Waals surface area contributed by atoms with E-state index in [0.29, 0.717) is 5.56 Å². The number of rotatable bonds is 3. The van der Waals surface area contributed by atoms with Crippen LogP contribution >= 0.6 is 0 Å². The number of ether oxygens (including phenoxy) is 1. The maximum Gasteiger partial charge on any atom is 0.303 e. The van der Waals surface area contributed by atoms with Gasteiger partial charge >= 0.3 is 5.97 Å². The minimum absolute atomic E-state index is 0.0336.